The monoisotopic (exact) mass is 283 g/mol. The Hall–Kier alpha value is -2.89. The van der Waals surface area contributed by atoms with Gasteiger partial charge < -0.3 is 14.1 Å². The minimum absolute atomic E-state index is 0.0783. The van der Waals surface area contributed by atoms with Crippen molar-refractivity contribution in [1.29, 1.82) is 0 Å². The summed E-state index contributed by atoms with van der Waals surface area (Å²) in [5.41, 5.74) is 2.39. The highest BCUT2D eigenvalue weighted by Gasteiger charge is 2.08. The van der Waals surface area contributed by atoms with Gasteiger partial charge >= 0.3 is 5.97 Å². The second kappa shape index (κ2) is 4.90. The average molecular weight is 283 g/mol. The number of aromatic nitrogens is 3. The molecule has 21 heavy (non-hydrogen) atoms. The molecule has 106 valence electrons. The summed E-state index contributed by atoms with van der Waals surface area (Å²) in [5.74, 6) is -1.06. The first-order chi connectivity index (χ1) is 10.0. The Bertz CT molecular complexity index is 893. The van der Waals surface area contributed by atoms with Gasteiger partial charge in [-0.2, -0.15) is 0 Å². The van der Waals surface area contributed by atoms with E-state index in [-0.39, 0.29) is 17.7 Å². The third kappa shape index (κ3) is 2.43. The molecular weight excluding hydrogens is 270 g/mol. The lowest BCUT2D eigenvalue weighted by Gasteiger charge is -2.03. The van der Waals surface area contributed by atoms with E-state index in [9.17, 15) is 9.59 Å². The lowest BCUT2D eigenvalue weighted by Crippen LogP contribution is -2.20. The van der Waals surface area contributed by atoms with Gasteiger partial charge in [-0.15, -0.1) is 0 Å². The number of aromatic carboxylic acids is 1. The first-order valence-electron chi connectivity index (χ1n) is 6.41. The predicted octanol–water partition coefficient (Wildman–Crippen LogP) is 1.55. The fourth-order valence-electron chi connectivity index (χ4n) is 2.24. The second-order valence-corrected chi connectivity index (χ2v) is 4.84. The van der Waals surface area contributed by atoms with Gasteiger partial charge in [0.1, 0.15) is 5.65 Å². The van der Waals surface area contributed by atoms with Crippen LogP contribution in [0.25, 0.3) is 5.65 Å². The minimum atomic E-state index is -1.06. The Labute approximate surface area is 119 Å². The van der Waals surface area contributed by atoms with Crippen molar-refractivity contribution in [2.24, 2.45) is 0 Å². The molecule has 0 spiro atoms. The smallest absolute Gasteiger partial charge is 0.337 e. The van der Waals surface area contributed by atoms with Crippen LogP contribution >= 0.6 is 0 Å². The zero-order valence-electron chi connectivity index (χ0n) is 11.4. The van der Waals surface area contributed by atoms with E-state index >= 15 is 0 Å². The third-order valence-electron chi connectivity index (χ3n) is 3.29. The van der Waals surface area contributed by atoms with Gasteiger partial charge in [-0.25, -0.2) is 9.78 Å². The lowest BCUT2D eigenvalue weighted by molar-refractivity contribution is 0.0696. The molecule has 0 bridgehead atoms. The van der Waals surface area contributed by atoms with Crippen LogP contribution < -0.4 is 5.56 Å². The standard InChI is InChI=1S/C15H13N3O3/c1-10-3-2-6-17-8-12(16-14(10)17)9-18-7-11(15(20)21)4-5-13(18)19/h2-8H,9H2,1H3,(H,20,21). The molecule has 3 rings (SSSR count). The van der Waals surface area contributed by atoms with Crippen molar-refractivity contribution in [3.8, 4) is 0 Å². The molecule has 0 unspecified atom stereocenters. The fourth-order valence-corrected chi connectivity index (χ4v) is 2.24. The van der Waals surface area contributed by atoms with Crippen molar-refractivity contribution in [3.05, 3.63) is 70.0 Å². The molecule has 6 heteroatoms. The maximum atomic E-state index is 11.8. The van der Waals surface area contributed by atoms with Gasteiger partial charge in [-0.05, 0) is 24.6 Å². The Kier molecular flexibility index (Phi) is 3.06. The molecule has 0 aliphatic carbocycles. The zero-order chi connectivity index (χ0) is 15.0. The molecule has 0 saturated carbocycles. The van der Waals surface area contributed by atoms with E-state index in [0.717, 1.165) is 11.2 Å². The quantitative estimate of drug-likeness (QED) is 0.791. The largest absolute Gasteiger partial charge is 0.478 e. The van der Waals surface area contributed by atoms with E-state index in [1.165, 1.54) is 22.9 Å². The van der Waals surface area contributed by atoms with Crippen LogP contribution in [0.4, 0.5) is 0 Å². The van der Waals surface area contributed by atoms with Gasteiger partial charge in [0.15, 0.2) is 0 Å². The van der Waals surface area contributed by atoms with Crippen molar-refractivity contribution in [1.82, 2.24) is 14.0 Å². The van der Waals surface area contributed by atoms with Crippen molar-refractivity contribution < 1.29 is 9.90 Å². The number of hydrogen-bond acceptors (Lipinski definition) is 3. The summed E-state index contributed by atoms with van der Waals surface area (Å²) in [4.78, 5) is 27.3. The van der Waals surface area contributed by atoms with Gasteiger partial charge in [0.2, 0.25) is 0 Å². The van der Waals surface area contributed by atoms with Crippen LogP contribution in [-0.2, 0) is 6.54 Å². The molecule has 3 heterocycles. The van der Waals surface area contributed by atoms with Gasteiger partial charge in [0, 0.05) is 24.7 Å². The number of carboxylic acid groups (broad SMARTS) is 1. The summed E-state index contributed by atoms with van der Waals surface area (Å²) in [6.45, 7) is 2.20. The van der Waals surface area contributed by atoms with E-state index in [4.69, 9.17) is 5.11 Å². The van der Waals surface area contributed by atoms with Crippen LogP contribution in [0.2, 0.25) is 0 Å². The summed E-state index contributed by atoms with van der Waals surface area (Å²) in [6, 6.07) is 6.44. The molecule has 0 amide bonds. The number of carbonyl (C=O) groups is 1. The first-order valence-corrected chi connectivity index (χ1v) is 6.41. The predicted molar refractivity (Wildman–Crippen MR) is 76.7 cm³/mol. The summed E-state index contributed by atoms with van der Waals surface area (Å²) in [7, 11) is 0. The second-order valence-electron chi connectivity index (χ2n) is 4.84. The van der Waals surface area contributed by atoms with E-state index in [2.05, 4.69) is 4.98 Å². The van der Waals surface area contributed by atoms with Crippen molar-refractivity contribution in [2.45, 2.75) is 13.5 Å². The molecule has 0 atom stereocenters. The average Bonchev–Trinajstić information content (AvgIpc) is 2.85. The SMILES string of the molecule is Cc1cccn2cc(Cn3cc(C(=O)O)ccc3=O)nc12. The topological polar surface area (TPSA) is 76.6 Å². The van der Waals surface area contributed by atoms with E-state index < -0.39 is 5.97 Å². The van der Waals surface area contributed by atoms with Crippen LogP contribution in [0.1, 0.15) is 21.6 Å². The Morgan fingerprint density at radius 1 is 1.29 bits per heavy atom. The summed E-state index contributed by atoms with van der Waals surface area (Å²) < 4.78 is 3.23. The molecule has 0 aliphatic rings. The fraction of sp³-hybridized carbons (Fsp3) is 0.133. The van der Waals surface area contributed by atoms with Crippen LogP contribution in [0, 0.1) is 6.92 Å². The van der Waals surface area contributed by atoms with Gasteiger partial charge in [0.05, 0.1) is 17.8 Å². The van der Waals surface area contributed by atoms with Crippen LogP contribution in [0.3, 0.4) is 0 Å². The normalized spacial score (nSPS) is 10.9. The Morgan fingerprint density at radius 2 is 2.10 bits per heavy atom. The van der Waals surface area contributed by atoms with Crippen molar-refractivity contribution >= 4 is 11.6 Å². The third-order valence-corrected chi connectivity index (χ3v) is 3.29. The molecule has 0 radical (unpaired) electrons. The number of pyridine rings is 2. The number of nitrogens with zero attached hydrogens (tertiary/aromatic N) is 3. The molecular formula is C15H13N3O3. The zero-order valence-corrected chi connectivity index (χ0v) is 11.4. The molecule has 1 N–H and O–H groups in total. The Balaban J connectivity index is 2.02. The highest BCUT2D eigenvalue weighted by molar-refractivity contribution is 5.87. The molecule has 3 aromatic heterocycles. The lowest BCUT2D eigenvalue weighted by atomic mass is 10.3. The highest BCUT2D eigenvalue weighted by atomic mass is 16.4. The van der Waals surface area contributed by atoms with Crippen LogP contribution in [0.15, 0.2) is 47.7 Å². The molecule has 0 aromatic carbocycles. The van der Waals surface area contributed by atoms with Crippen molar-refractivity contribution in [3.63, 3.8) is 0 Å². The van der Waals surface area contributed by atoms with Gasteiger partial charge in [0.25, 0.3) is 5.56 Å². The van der Waals surface area contributed by atoms with Gasteiger partial charge in [-0.3, -0.25) is 4.79 Å². The first kappa shape index (κ1) is 13.1. The summed E-state index contributed by atoms with van der Waals surface area (Å²) in [5, 5.41) is 8.98. The maximum Gasteiger partial charge on any atom is 0.337 e. The Morgan fingerprint density at radius 3 is 2.81 bits per heavy atom. The summed E-state index contributed by atoms with van der Waals surface area (Å²) in [6.07, 6.45) is 5.05. The van der Waals surface area contributed by atoms with E-state index in [0.29, 0.717) is 5.69 Å². The molecule has 0 fully saturated rings. The summed E-state index contributed by atoms with van der Waals surface area (Å²) >= 11 is 0. The molecule has 3 aromatic rings. The molecule has 0 saturated heterocycles. The number of imidazole rings is 1. The van der Waals surface area contributed by atoms with E-state index in [1.807, 2.05) is 35.9 Å². The number of hydrogen-bond donors (Lipinski definition) is 1. The molecule has 0 aliphatic heterocycles. The van der Waals surface area contributed by atoms with Gasteiger partial charge in [-0.1, -0.05) is 6.07 Å². The molecule has 6 nitrogen and oxygen atoms in total. The van der Waals surface area contributed by atoms with E-state index in [1.54, 1.807) is 0 Å². The minimum Gasteiger partial charge on any atom is -0.478 e. The van der Waals surface area contributed by atoms with Crippen molar-refractivity contribution in [2.75, 3.05) is 0 Å². The van der Waals surface area contributed by atoms with Crippen LogP contribution in [0.5, 0.6) is 0 Å². The number of aryl methyl sites for hydroxylation is 1. The highest BCUT2D eigenvalue weighted by Crippen LogP contribution is 2.10. The number of rotatable bonds is 3. The number of carboxylic acids is 1. The van der Waals surface area contributed by atoms with Crippen LogP contribution in [-0.4, -0.2) is 25.0 Å². The number of fused-ring (bicyclic) bond motifs is 1. The maximum absolute atomic E-state index is 11.8.